The largest absolute Gasteiger partial charge is 0.389 e. The number of pyridine rings is 1. The number of piperidine rings is 1. The number of hydrogen-bond acceptors (Lipinski definition) is 3. The molecule has 21 heavy (non-hydrogen) atoms. The highest BCUT2D eigenvalue weighted by atomic mass is 35.5. The molecule has 2 atom stereocenters. The smallest absolute Gasteiger partial charge is 0.255 e. The molecule has 1 aromatic heterocycles. The first-order valence-corrected chi connectivity index (χ1v) is 8.08. The molecule has 4 nitrogen and oxygen atoms in total. The second-order valence-corrected chi connectivity index (χ2v) is 6.83. The monoisotopic (exact) mass is 328 g/mol. The van der Waals surface area contributed by atoms with Crippen molar-refractivity contribution in [3.05, 3.63) is 28.0 Å². The van der Waals surface area contributed by atoms with E-state index in [1.54, 1.807) is 4.90 Å². The van der Waals surface area contributed by atoms with Crippen molar-refractivity contribution in [2.45, 2.75) is 37.7 Å². The minimum Gasteiger partial charge on any atom is -0.389 e. The van der Waals surface area contributed by atoms with Crippen molar-refractivity contribution >= 4 is 29.1 Å². The highest BCUT2D eigenvalue weighted by molar-refractivity contribution is 6.35. The van der Waals surface area contributed by atoms with Gasteiger partial charge in [-0.3, -0.25) is 4.79 Å². The number of nitrogens with zero attached hydrogens (tertiary/aromatic N) is 2. The predicted octanol–water partition coefficient (Wildman–Crippen LogP) is 3.16. The van der Waals surface area contributed by atoms with Crippen LogP contribution in [-0.2, 0) is 0 Å². The Balaban J connectivity index is 1.79. The Kier molecular flexibility index (Phi) is 4.12. The van der Waals surface area contributed by atoms with E-state index in [0.29, 0.717) is 30.1 Å². The molecule has 1 aliphatic carbocycles. The van der Waals surface area contributed by atoms with Gasteiger partial charge in [-0.25, -0.2) is 4.98 Å². The average molecular weight is 329 g/mol. The molecule has 3 rings (SSSR count). The van der Waals surface area contributed by atoms with Gasteiger partial charge in [-0.1, -0.05) is 36.0 Å². The van der Waals surface area contributed by atoms with Crippen LogP contribution in [0.2, 0.25) is 10.2 Å². The first-order valence-electron chi connectivity index (χ1n) is 7.32. The summed E-state index contributed by atoms with van der Waals surface area (Å²) < 4.78 is 0. The Hall–Kier alpha value is -0.840. The van der Waals surface area contributed by atoms with Crippen molar-refractivity contribution in [1.29, 1.82) is 0 Å². The molecule has 0 spiro atoms. The van der Waals surface area contributed by atoms with Gasteiger partial charge in [-0.05, 0) is 25.3 Å². The summed E-state index contributed by atoms with van der Waals surface area (Å²) in [6.07, 6.45) is 6.06. The fourth-order valence-corrected chi connectivity index (χ4v) is 3.84. The molecule has 1 N–H and O–H groups in total. The van der Waals surface area contributed by atoms with E-state index in [2.05, 4.69) is 4.98 Å². The zero-order valence-electron chi connectivity index (χ0n) is 11.7. The maximum Gasteiger partial charge on any atom is 0.255 e. The molecular weight excluding hydrogens is 311 g/mol. The quantitative estimate of drug-likeness (QED) is 0.805. The number of aromatic nitrogens is 1. The summed E-state index contributed by atoms with van der Waals surface area (Å²) >= 11 is 11.9. The van der Waals surface area contributed by atoms with Crippen LogP contribution in [0.5, 0.6) is 0 Å². The van der Waals surface area contributed by atoms with Crippen molar-refractivity contribution in [2.24, 2.45) is 5.92 Å². The standard InChI is InChI=1S/C15H18Cl2N2O2/c16-12-8-18-13(17)7-11(12)14(20)19-6-5-15(21)4-2-1-3-10(15)9-19/h7-8,10,21H,1-6,9H2. The molecule has 0 bridgehead atoms. The van der Waals surface area contributed by atoms with Gasteiger partial charge in [0, 0.05) is 25.2 Å². The first-order chi connectivity index (χ1) is 9.99. The molecule has 114 valence electrons. The third kappa shape index (κ3) is 2.89. The number of carbonyl (C=O) groups is 1. The summed E-state index contributed by atoms with van der Waals surface area (Å²) in [6.45, 7) is 1.15. The lowest BCUT2D eigenvalue weighted by Gasteiger charge is -2.47. The molecule has 0 radical (unpaired) electrons. The van der Waals surface area contributed by atoms with Gasteiger partial charge in [-0.15, -0.1) is 0 Å². The van der Waals surface area contributed by atoms with E-state index in [4.69, 9.17) is 23.2 Å². The van der Waals surface area contributed by atoms with Crippen LogP contribution >= 0.6 is 23.2 Å². The summed E-state index contributed by atoms with van der Waals surface area (Å²) in [5.74, 6) is 0.0389. The van der Waals surface area contributed by atoms with Crippen LogP contribution < -0.4 is 0 Å². The van der Waals surface area contributed by atoms with Gasteiger partial charge >= 0.3 is 0 Å². The maximum atomic E-state index is 12.6. The molecule has 2 fully saturated rings. The molecular formula is C15H18Cl2N2O2. The Bertz CT molecular complexity index is 567. The molecule has 1 saturated carbocycles. The Morgan fingerprint density at radius 1 is 1.38 bits per heavy atom. The third-order valence-electron chi connectivity index (χ3n) is 4.77. The summed E-state index contributed by atoms with van der Waals surface area (Å²) in [7, 11) is 0. The number of hydrogen-bond donors (Lipinski definition) is 1. The Morgan fingerprint density at radius 3 is 3.00 bits per heavy atom. The maximum absolute atomic E-state index is 12.6. The van der Waals surface area contributed by atoms with Crippen molar-refractivity contribution in [1.82, 2.24) is 9.88 Å². The van der Waals surface area contributed by atoms with E-state index in [9.17, 15) is 9.90 Å². The van der Waals surface area contributed by atoms with Gasteiger partial charge < -0.3 is 10.0 Å². The van der Waals surface area contributed by atoms with Crippen LogP contribution in [0.3, 0.4) is 0 Å². The average Bonchev–Trinajstić information content (AvgIpc) is 2.48. The van der Waals surface area contributed by atoms with E-state index < -0.39 is 5.60 Å². The summed E-state index contributed by atoms with van der Waals surface area (Å²) in [4.78, 5) is 18.3. The first kappa shape index (κ1) is 15.1. The normalized spacial score (nSPS) is 29.1. The van der Waals surface area contributed by atoms with Crippen LogP contribution in [-0.4, -0.2) is 39.6 Å². The van der Waals surface area contributed by atoms with Crippen LogP contribution in [0.4, 0.5) is 0 Å². The number of aliphatic hydroxyl groups is 1. The molecule has 0 aromatic carbocycles. The molecule has 2 heterocycles. The second kappa shape index (κ2) is 5.75. The number of fused-ring (bicyclic) bond motifs is 1. The number of rotatable bonds is 1. The minimum absolute atomic E-state index is 0.128. The topological polar surface area (TPSA) is 53.4 Å². The molecule has 1 saturated heterocycles. The van der Waals surface area contributed by atoms with E-state index in [-0.39, 0.29) is 17.0 Å². The van der Waals surface area contributed by atoms with E-state index in [1.165, 1.54) is 12.3 Å². The predicted molar refractivity (Wildman–Crippen MR) is 81.7 cm³/mol. The van der Waals surface area contributed by atoms with Crippen LogP contribution in [0.1, 0.15) is 42.5 Å². The van der Waals surface area contributed by atoms with Crippen molar-refractivity contribution in [3.8, 4) is 0 Å². The zero-order valence-corrected chi connectivity index (χ0v) is 13.2. The summed E-state index contributed by atoms with van der Waals surface area (Å²) in [6, 6.07) is 1.51. The van der Waals surface area contributed by atoms with Crippen LogP contribution in [0.15, 0.2) is 12.3 Å². The van der Waals surface area contributed by atoms with Gasteiger partial charge in [0.2, 0.25) is 0 Å². The van der Waals surface area contributed by atoms with Gasteiger partial charge in [-0.2, -0.15) is 0 Å². The fourth-order valence-electron chi connectivity index (χ4n) is 3.50. The lowest BCUT2D eigenvalue weighted by Crippen LogP contribution is -2.54. The van der Waals surface area contributed by atoms with E-state index >= 15 is 0 Å². The van der Waals surface area contributed by atoms with E-state index in [1.807, 2.05) is 0 Å². The number of carbonyl (C=O) groups excluding carboxylic acids is 1. The van der Waals surface area contributed by atoms with Crippen molar-refractivity contribution in [2.75, 3.05) is 13.1 Å². The molecule has 2 aliphatic rings. The molecule has 1 amide bonds. The lowest BCUT2D eigenvalue weighted by molar-refractivity contribution is -0.0886. The van der Waals surface area contributed by atoms with Gasteiger partial charge in [0.25, 0.3) is 5.91 Å². The molecule has 1 aliphatic heterocycles. The fraction of sp³-hybridized carbons (Fsp3) is 0.600. The number of likely N-dealkylation sites (tertiary alicyclic amines) is 1. The van der Waals surface area contributed by atoms with Gasteiger partial charge in [0.1, 0.15) is 5.15 Å². The third-order valence-corrected chi connectivity index (χ3v) is 5.28. The second-order valence-electron chi connectivity index (χ2n) is 6.03. The highest BCUT2D eigenvalue weighted by Gasteiger charge is 2.43. The summed E-state index contributed by atoms with van der Waals surface area (Å²) in [5.41, 5.74) is -0.202. The Morgan fingerprint density at radius 2 is 2.19 bits per heavy atom. The number of halogens is 2. The molecule has 2 unspecified atom stereocenters. The lowest BCUT2D eigenvalue weighted by atomic mass is 9.71. The van der Waals surface area contributed by atoms with Crippen molar-refractivity contribution < 1.29 is 9.90 Å². The Labute approximate surface area is 134 Å². The minimum atomic E-state index is -0.589. The molecule has 1 aromatic rings. The highest BCUT2D eigenvalue weighted by Crippen LogP contribution is 2.40. The van der Waals surface area contributed by atoms with Crippen LogP contribution in [0, 0.1) is 5.92 Å². The van der Waals surface area contributed by atoms with Crippen molar-refractivity contribution in [3.63, 3.8) is 0 Å². The van der Waals surface area contributed by atoms with Gasteiger partial charge in [0.15, 0.2) is 0 Å². The van der Waals surface area contributed by atoms with Crippen LogP contribution in [0.25, 0.3) is 0 Å². The number of amides is 1. The SMILES string of the molecule is O=C(c1cc(Cl)ncc1Cl)N1CCC2(O)CCCCC2C1. The van der Waals surface area contributed by atoms with E-state index in [0.717, 1.165) is 25.7 Å². The summed E-state index contributed by atoms with van der Waals surface area (Å²) in [5, 5.41) is 11.2. The van der Waals surface area contributed by atoms with Gasteiger partial charge in [0.05, 0.1) is 16.2 Å². The zero-order chi connectivity index (χ0) is 15.0. The molecule has 6 heteroatoms.